The topological polar surface area (TPSA) is 27.9 Å². The van der Waals surface area contributed by atoms with Crippen LogP contribution in [0.4, 0.5) is 0 Å². The second kappa shape index (κ2) is 6.62. The van der Waals surface area contributed by atoms with Crippen molar-refractivity contribution in [2.75, 3.05) is 19.6 Å². The van der Waals surface area contributed by atoms with Crippen LogP contribution in [0.25, 0.3) is 5.52 Å². The van der Waals surface area contributed by atoms with Crippen LogP contribution in [0.15, 0.2) is 30.6 Å². The summed E-state index contributed by atoms with van der Waals surface area (Å²) in [6.07, 6.45) is 7.39. The molecule has 0 unspecified atom stereocenters. The van der Waals surface area contributed by atoms with Gasteiger partial charge >= 0.3 is 0 Å². The maximum atomic E-state index is 9.98. The number of aromatic hydroxyl groups is 1. The summed E-state index contributed by atoms with van der Waals surface area (Å²) in [5.74, 6) is 0.375. The Morgan fingerprint density at radius 3 is 2.47 bits per heavy atom. The van der Waals surface area contributed by atoms with Gasteiger partial charge in [-0.25, -0.2) is 0 Å². The normalized spacial score (nSPS) is 11.5. The quantitative estimate of drug-likeness (QED) is 0.827. The van der Waals surface area contributed by atoms with Crippen LogP contribution in [0.1, 0.15) is 32.3 Å². The van der Waals surface area contributed by atoms with E-state index in [1.165, 1.54) is 18.4 Å². The highest BCUT2D eigenvalue weighted by Gasteiger charge is 2.09. The summed E-state index contributed by atoms with van der Waals surface area (Å²) in [4.78, 5) is 2.50. The highest BCUT2D eigenvalue weighted by atomic mass is 16.3. The molecule has 0 fully saturated rings. The Morgan fingerprint density at radius 1 is 1.05 bits per heavy atom. The molecule has 0 aliphatic carbocycles. The average molecular weight is 260 g/mol. The van der Waals surface area contributed by atoms with Gasteiger partial charge in [-0.05, 0) is 56.1 Å². The molecule has 3 heteroatoms. The van der Waals surface area contributed by atoms with Crippen LogP contribution in [-0.4, -0.2) is 34.0 Å². The Balaban J connectivity index is 2.08. The van der Waals surface area contributed by atoms with Gasteiger partial charge in [-0.1, -0.05) is 13.8 Å². The summed E-state index contributed by atoms with van der Waals surface area (Å²) in [6, 6.07) is 5.74. The van der Waals surface area contributed by atoms with Crippen LogP contribution >= 0.6 is 0 Å². The first-order valence-electron chi connectivity index (χ1n) is 7.26. The molecule has 0 amide bonds. The van der Waals surface area contributed by atoms with Crippen molar-refractivity contribution in [2.45, 2.75) is 33.1 Å². The van der Waals surface area contributed by atoms with Gasteiger partial charge in [0.25, 0.3) is 0 Å². The van der Waals surface area contributed by atoms with E-state index in [4.69, 9.17) is 0 Å². The van der Waals surface area contributed by atoms with Crippen LogP contribution in [0.2, 0.25) is 0 Å². The molecular formula is C16H24N2O. The number of pyridine rings is 1. The van der Waals surface area contributed by atoms with Crippen LogP contribution < -0.4 is 0 Å². The minimum absolute atomic E-state index is 0.375. The summed E-state index contributed by atoms with van der Waals surface area (Å²) in [5.41, 5.74) is 2.19. The number of hydrogen-bond donors (Lipinski definition) is 1. The molecule has 0 bridgehead atoms. The predicted molar refractivity (Wildman–Crippen MR) is 79.8 cm³/mol. The first kappa shape index (κ1) is 13.9. The molecular weight excluding hydrogens is 236 g/mol. The van der Waals surface area contributed by atoms with Crippen molar-refractivity contribution in [1.29, 1.82) is 0 Å². The smallest absolute Gasteiger partial charge is 0.139 e. The zero-order chi connectivity index (χ0) is 13.7. The van der Waals surface area contributed by atoms with Crippen molar-refractivity contribution in [2.24, 2.45) is 0 Å². The molecule has 0 atom stereocenters. The Bertz CT molecular complexity index is 512. The Labute approximate surface area is 115 Å². The molecule has 0 saturated heterocycles. The van der Waals surface area contributed by atoms with Gasteiger partial charge in [-0.2, -0.15) is 0 Å². The zero-order valence-electron chi connectivity index (χ0n) is 12.0. The molecule has 2 heterocycles. The molecule has 1 N–H and O–H groups in total. The molecule has 19 heavy (non-hydrogen) atoms. The van der Waals surface area contributed by atoms with Gasteiger partial charge in [-0.15, -0.1) is 0 Å². The lowest BCUT2D eigenvalue weighted by atomic mass is 10.1. The summed E-state index contributed by atoms with van der Waals surface area (Å²) in [7, 11) is 0. The van der Waals surface area contributed by atoms with E-state index in [1.807, 2.05) is 22.9 Å². The molecule has 104 valence electrons. The number of aromatic nitrogens is 1. The fourth-order valence-electron chi connectivity index (χ4n) is 2.66. The van der Waals surface area contributed by atoms with E-state index >= 15 is 0 Å². The van der Waals surface area contributed by atoms with E-state index in [1.54, 1.807) is 6.07 Å². The van der Waals surface area contributed by atoms with Gasteiger partial charge in [0.1, 0.15) is 5.75 Å². The van der Waals surface area contributed by atoms with Crippen molar-refractivity contribution in [3.63, 3.8) is 0 Å². The van der Waals surface area contributed by atoms with Crippen LogP contribution in [0, 0.1) is 0 Å². The minimum atomic E-state index is 0.375. The van der Waals surface area contributed by atoms with Gasteiger partial charge in [-0.3, -0.25) is 0 Å². The van der Waals surface area contributed by atoms with Gasteiger partial charge in [0.15, 0.2) is 0 Å². The maximum Gasteiger partial charge on any atom is 0.139 e. The lowest BCUT2D eigenvalue weighted by Gasteiger charge is -2.20. The van der Waals surface area contributed by atoms with E-state index in [9.17, 15) is 5.11 Å². The third-order valence-electron chi connectivity index (χ3n) is 3.52. The minimum Gasteiger partial charge on any atom is -0.506 e. The first-order chi connectivity index (χ1) is 9.26. The Morgan fingerprint density at radius 2 is 1.79 bits per heavy atom. The van der Waals surface area contributed by atoms with Crippen molar-refractivity contribution in [3.05, 3.63) is 36.2 Å². The molecule has 0 aliphatic rings. The third-order valence-corrected chi connectivity index (χ3v) is 3.52. The molecule has 2 aromatic rings. The SMILES string of the molecule is CCCN(CCC)CCc1ccn2cccc(O)c12. The van der Waals surface area contributed by atoms with Gasteiger partial charge < -0.3 is 14.4 Å². The molecule has 2 aromatic heterocycles. The van der Waals surface area contributed by atoms with Crippen LogP contribution in [0.3, 0.4) is 0 Å². The number of nitrogens with zero attached hydrogens (tertiary/aromatic N) is 2. The molecule has 2 rings (SSSR count). The Hall–Kier alpha value is -1.48. The standard InChI is InChI=1S/C16H24N2O/c1-3-9-17(10-4-2)12-7-14-8-13-18-11-5-6-15(19)16(14)18/h5-6,8,11,13,19H,3-4,7,9-10,12H2,1-2H3. The average Bonchev–Trinajstić information content (AvgIpc) is 2.81. The third kappa shape index (κ3) is 3.29. The van der Waals surface area contributed by atoms with Gasteiger partial charge in [0, 0.05) is 18.9 Å². The highest BCUT2D eigenvalue weighted by molar-refractivity contribution is 5.65. The van der Waals surface area contributed by atoms with Gasteiger partial charge in [0.05, 0.1) is 5.52 Å². The summed E-state index contributed by atoms with van der Waals surface area (Å²) < 4.78 is 1.99. The van der Waals surface area contributed by atoms with E-state index in [0.717, 1.165) is 31.6 Å². The van der Waals surface area contributed by atoms with Gasteiger partial charge in [0.2, 0.25) is 0 Å². The summed E-state index contributed by atoms with van der Waals surface area (Å²) >= 11 is 0. The lowest BCUT2D eigenvalue weighted by Crippen LogP contribution is -2.27. The molecule has 0 saturated carbocycles. The molecule has 0 aromatic carbocycles. The van der Waals surface area contributed by atoms with Crippen molar-refractivity contribution < 1.29 is 5.11 Å². The zero-order valence-corrected chi connectivity index (χ0v) is 12.0. The van der Waals surface area contributed by atoms with E-state index < -0.39 is 0 Å². The lowest BCUT2D eigenvalue weighted by molar-refractivity contribution is 0.278. The number of fused-ring (bicyclic) bond motifs is 1. The first-order valence-corrected chi connectivity index (χ1v) is 7.26. The molecule has 3 nitrogen and oxygen atoms in total. The molecule has 0 radical (unpaired) electrons. The molecule has 0 aliphatic heterocycles. The Kier molecular flexibility index (Phi) is 4.86. The maximum absolute atomic E-state index is 9.98. The van der Waals surface area contributed by atoms with E-state index in [0.29, 0.717) is 5.75 Å². The highest BCUT2D eigenvalue weighted by Crippen LogP contribution is 2.23. The fraction of sp³-hybridized carbons (Fsp3) is 0.500. The largest absolute Gasteiger partial charge is 0.506 e. The number of rotatable bonds is 7. The van der Waals surface area contributed by atoms with Crippen LogP contribution in [0.5, 0.6) is 5.75 Å². The monoisotopic (exact) mass is 260 g/mol. The summed E-state index contributed by atoms with van der Waals surface area (Å²) in [6.45, 7) is 7.83. The fourth-order valence-corrected chi connectivity index (χ4v) is 2.66. The second-order valence-corrected chi connectivity index (χ2v) is 5.08. The van der Waals surface area contributed by atoms with Crippen molar-refractivity contribution in [3.8, 4) is 5.75 Å². The summed E-state index contributed by atoms with van der Waals surface area (Å²) in [5, 5.41) is 9.98. The molecule has 0 spiro atoms. The number of hydrogen-bond acceptors (Lipinski definition) is 2. The van der Waals surface area contributed by atoms with Crippen molar-refractivity contribution in [1.82, 2.24) is 9.30 Å². The predicted octanol–water partition coefficient (Wildman–Crippen LogP) is 3.31. The van der Waals surface area contributed by atoms with Crippen molar-refractivity contribution >= 4 is 5.52 Å². The van der Waals surface area contributed by atoms with E-state index in [-0.39, 0.29) is 0 Å². The van der Waals surface area contributed by atoms with E-state index in [2.05, 4.69) is 24.8 Å². The van der Waals surface area contributed by atoms with Crippen LogP contribution in [-0.2, 0) is 6.42 Å². The second-order valence-electron chi connectivity index (χ2n) is 5.08.